The van der Waals surface area contributed by atoms with Crippen LogP contribution >= 0.6 is 35.0 Å². The van der Waals surface area contributed by atoms with Crippen molar-refractivity contribution < 1.29 is 9.53 Å². The number of rotatable bonds is 7. The van der Waals surface area contributed by atoms with Crippen molar-refractivity contribution in [2.45, 2.75) is 50.1 Å². The van der Waals surface area contributed by atoms with Crippen molar-refractivity contribution in [1.82, 2.24) is 19.9 Å². The zero-order valence-corrected chi connectivity index (χ0v) is 20.4. The standard InChI is InChI=1S/C21H24Cl2N6O2S/c1-12(19(30)26-18-16(23)9-14(22)10-25-18)32-20-28-27-17(29(20)24)11-31-15-7-5-13(6-8-15)21(2,3)4/h5-10,12H,11,24H2,1-4H3,(H,25,26,30)/t12-/m1/s1. The summed E-state index contributed by atoms with van der Waals surface area (Å²) in [6, 6.07) is 9.40. The van der Waals surface area contributed by atoms with Crippen LogP contribution in [-0.4, -0.2) is 31.0 Å². The highest BCUT2D eigenvalue weighted by atomic mass is 35.5. The number of carbonyl (C=O) groups excluding carboxylic acids is 1. The molecule has 0 aliphatic carbocycles. The molecule has 0 aliphatic heterocycles. The minimum absolute atomic E-state index is 0.0695. The number of anilines is 1. The van der Waals surface area contributed by atoms with Crippen LogP contribution in [-0.2, 0) is 16.8 Å². The summed E-state index contributed by atoms with van der Waals surface area (Å²) < 4.78 is 7.09. The molecule has 2 aromatic heterocycles. The summed E-state index contributed by atoms with van der Waals surface area (Å²) in [7, 11) is 0. The first-order valence-electron chi connectivity index (χ1n) is 9.76. The third kappa shape index (κ3) is 6.05. The topological polar surface area (TPSA) is 108 Å². The van der Waals surface area contributed by atoms with Gasteiger partial charge >= 0.3 is 0 Å². The van der Waals surface area contributed by atoms with Crippen LogP contribution in [0.1, 0.15) is 39.1 Å². The van der Waals surface area contributed by atoms with Crippen LogP contribution in [0.2, 0.25) is 10.0 Å². The van der Waals surface area contributed by atoms with Crippen molar-refractivity contribution in [3.8, 4) is 5.75 Å². The van der Waals surface area contributed by atoms with E-state index >= 15 is 0 Å². The molecular weight excluding hydrogens is 471 g/mol. The van der Waals surface area contributed by atoms with Gasteiger partial charge in [-0.15, -0.1) is 10.2 Å². The number of nitrogens with one attached hydrogen (secondary N) is 1. The molecule has 2 heterocycles. The second-order valence-corrected chi connectivity index (χ2v) is 10.2. The number of nitrogens with two attached hydrogens (primary N) is 1. The molecule has 0 aliphatic rings. The minimum Gasteiger partial charge on any atom is -0.486 e. The molecule has 0 bridgehead atoms. The maximum atomic E-state index is 12.5. The van der Waals surface area contributed by atoms with Crippen LogP contribution in [0.3, 0.4) is 0 Å². The van der Waals surface area contributed by atoms with E-state index < -0.39 is 5.25 Å². The third-order valence-corrected chi connectivity index (χ3v) is 6.08. The number of nitrogen functional groups attached to an aromatic ring is 1. The van der Waals surface area contributed by atoms with E-state index in [1.807, 2.05) is 24.3 Å². The molecule has 0 saturated carbocycles. The molecular formula is C21H24Cl2N6O2S. The summed E-state index contributed by atoms with van der Waals surface area (Å²) in [4.78, 5) is 16.5. The van der Waals surface area contributed by atoms with Crippen LogP contribution in [0.5, 0.6) is 5.75 Å². The normalized spacial score (nSPS) is 12.4. The molecule has 0 spiro atoms. The van der Waals surface area contributed by atoms with Crippen molar-refractivity contribution in [2.75, 3.05) is 11.2 Å². The largest absolute Gasteiger partial charge is 0.486 e. The van der Waals surface area contributed by atoms with Crippen molar-refractivity contribution in [1.29, 1.82) is 0 Å². The third-order valence-electron chi connectivity index (χ3n) is 4.52. The molecule has 11 heteroatoms. The van der Waals surface area contributed by atoms with Crippen molar-refractivity contribution in [2.24, 2.45) is 0 Å². The molecule has 1 atom stereocenters. The minimum atomic E-state index is -0.534. The van der Waals surface area contributed by atoms with Crippen molar-refractivity contribution >= 4 is 46.7 Å². The lowest BCUT2D eigenvalue weighted by atomic mass is 9.87. The maximum absolute atomic E-state index is 12.5. The summed E-state index contributed by atoms with van der Waals surface area (Å²) in [5.74, 6) is 7.16. The van der Waals surface area contributed by atoms with Crippen LogP contribution in [0.15, 0.2) is 41.7 Å². The van der Waals surface area contributed by atoms with E-state index in [0.717, 1.165) is 11.8 Å². The Balaban J connectivity index is 1.58. The van der Waals surface area contributed by atoms with E-state index in [1.54, 1.807) is 6.92 Å². The first-order chi connectivity index (χ1) is 15.0. The second kappa shape index (κ2) is 9.97. The number of hydrogen-bond acceptors (Lipinski definition) is 7. The van der Waals surface area contributed by atoms with Gasteiger partial charge in [-0.1, -0.05) is 67.9 Å². The number of nitrogens with zero attached hydrogens (tertiary/aromatic N) is 4. The maximum Gasteiger partial charge on any atom is 0.238 e. The molecule has 0 unspecified atom stereocenters. The Morgan fingerprint density at radius 3 is 2.56 bits per heavy atom. The zero-order chi connectivity index (χ0) is 23.5. The first kappa shape index (κ1) is 24.2. The van der Waals surface area contributed by atoms with Crippen molar-refractivity contribution in [3.05, 3.63) is 58.0 Å². The van der Waals surface area contributed by atoms with Gasteiger partial charge < -0.3 is 15.9 Å². The number of thioether (sulfide) groups is 1. The van der Waals surface area contributed by atoms with Gasteiger partial charge in [0.15, 0.2) is 11.6 Å². The number of halogens is 2. The molecule has 170 valence electrons. The van der Waals surface area contributed by atoms with Gasteiger partial charge in [-0.05, 0) is 36.1 Å². The second-order valence-electron chi connectivity index (χ2n) is 8.07. The van der Waals surface area contributed by atoms with Crippen LogP contribution in [0, 0.1) is 0 Å². The Labute approximate surface area is 200 Å². The van der Waals surface area contributed by atoms with Crippen molar-refractivity contribution in [3.63, 3.8) is 0 Å². The Bertz CT molecular complexity index is 1100. The van der Waals surface area contributed by atoms with E-state index in [4.69, 9.17) is 33.8 Å². The summed E-state index contributed by atoms with van der Waals surface area (Å²) >= 11 is 13.0. The summed E-state index contributed by atoms with van der Waals surface area (Å²) in [5, 5.41) is 11.3. The number of hydrogen-bond donors (Lipinski definition) is 2. The summed E-state index contributed by atoms with van der Waals surface area (Å²) in [6.45, 7) is 8.32. The molecule has 1 aromatic carbocycles. The van der Waals surface area contributed by atoms with Crippen LogP contribution < -0.4 is 15.9 Å². The Hall–Kier alpha value is -2.49. The lowest BCUT2D eigenvalue weighted by Gasteiger charge is -2.19. The average Bonchev–Trinajstić information content (AvgIpc) is 3.07. The molecule has 3 rings (SSSR count). The van der Waals surface area contributed by atoms with Crippen LogP contribution in [0.25, 0.3) is 0 Å². The zero-order valence-electron chi connectivity index (χ0n) is 18.1. The number of ether oxygens (including phenoxy) is 1. The van der Waals surface area contributed by atoms with Gasteiger partial charge in [0.05, 0.1) is 15.3 Å². The van der Waals surface area contributed by atoms with Gasteiger partial charge in [-0.25, -0.2) is 9.66 Å². The molecule has 0 saturated heterocycles. The lowest BCUT2D eigenvalue weighted by Crippen LogP contribution is -2.24. The number of amides is 1. The fourth-order valence-corrected chi connectivity index (χ4v) is 3.84. The number of carbonyl (C=O) groups is 1. The SMILES string of the molecule is C[C@@H](Sc1nnc(COc2ccc(C(C)(C)C)cc2)n1N)C(=O)Nc1ncc(Cl)cc1Cl. The fourth-order valence-electron chi connectivity index (χ4n) is 2.62. The predicted octanol–water partition coefficient (Wildman–Crippen LogP) is 4.69. The monoisotopic (exact) mass is 494 g/mol. The Morgan fingerprint density at radius 1 is 1.25 bits per heavy atom. The van der Waals surface area contributed by atoms with Gasteiger partial charge in [0, 0.05) is 6.20 Å². The van der Waals surface area contributed by atoms with Gasteiger partial charge in [0.1, 0.15) is 12.4 Å². The quantitative estimate of drug-likeness (QED) is 0.362. The Kier molecular flexibility index (Phi) is 7.53. The number of benzene rings is 1. The van der Waals surface area contributed by atoms with Gasteiger partial charge in [0.25, 0.3) is 0 Å². The lowest BCUT2D eigenvalue weighted by molar-refractivity contribution is -0.115. The number of pyridine rings is 1. The van der Waals surface area contributed by atoms with Gasteiger partial charge in [-0.2, -0.15) is 0 Å². The van der Waals surface area contributed by atoms with Crippen LogP contribution in [0.4, 0.5) is 5.82 Å². The highest BCUT2D eigenvalue weighted by Crippen LogP contribution is 2.27. The molecule has 8 nitrogen and oxygen atoms in total. The predicted molar refractivity (Wildman–Crippen MR) is 128 cm³/mol. The number of aromatic nitrogens is 4. The highest BCUT2D eigenvalue weighted by molar-refractivity contribution is 8.00. The highest BCUT2D eigenvalue weighted by Gasteiger charge is 2.21. The van der Waals surface area contributed by atoms with Gasteiger partial charge in [-0.3, -0.25) is 4.79 Å². The molecule has 0 fully saturated rings. The van der Waals surface area contributed by atoms with E-state index in [9.17, 15) is 4.79 Å². The summed E-state index contributed by atoms with van der Waals surface area (Å²) in [6.07, 6.45) is 1.40. The molecule has 1 amide bonds. The molecule has 3 aromatic rings. The fraction of sp³-hybridized carbons (Fsp3) is 0.333. The first-order valence-corrected chi connectivity index (χ1v) is 11.4. The molecule has 32 heavy (non-hydrogen) atoms. The van der Waals surface area contributed by atoms with E-state index in [2.05, 4.69) is 41.3 Å². The molecule has 0 radical (unpaired) electrons. The summed E-state index contributed by atoms with van der Waals surface area (Å²) in [5.41, 5.74) is 1.29. The Morgan fingerprint density at radius 2 is 1.94 bits per heavy atom. The van der Waals surface area contributed by atoms with E-state index in [-0.39, 0.29) is 28.8 Å². The average molecular weight is 495 g/mol. The van der Waals surface area contributed by atoms with E-state index in [0.29, 0.717) is 21.8 Å². The molecule has 3 N–H and O–H groups in total. The van der Waals surface area contributed by atoms with Gasteiger partial charge in [0.2, 0.25) is 11.1 Å². The smallest absolute Gasteiger partial charge is 0.238 e. The van der Waals surface area contributed by atoms with E-state index in [1.165, 1.54) is 22.5 Å².